The van der Waals surface area contributed by atoms with Crippen LogP contribution in [0.1, 0.15) is 31.9 Å². The van der Waals surface area contributed by atoms with Crippen molar-refractivity contribution in [2.45, 2.75) is 39.8 Å². The molecule has 1 aliphatic rings. The lowest BCUT2D eigenvalue weighted by Crippen LogP contribution is -2.41. The average molecular weight is 476 g/mol. The number of halogens is 1. The lowest BCUT2D eigenvalue weighted by atomic mass is 9.99. The molecule has 2 rings (SSSR count). The number of hydrogen-bond donors (Lipinski definition) is 2. The normalized spacial score (nSPS) is 14.5. The average Bonchev–Trinajstić information content (AvgIpc) is 2.60. The fraction of sp³-hybridized carbons (Fsp3) is 0.632. The van der Waals surface area contributed by atoms with Crippen molar-refractivity contribution in [1.29, 1.82) is 0 Å². The van der Waals surface area contributed by atoms with Crippen molar-refractivity contribution in [1.82, 2.24) is 15.5 Å². The number of fused-ring (bicyclic) bond motifs is 1. The zero-order valence-electron chi connectivity index (χ0n) is 16.6. The molecular weight excluding hydrogens is 443 g/mol. The molecule has 7 heteroatoms. The number of methoxy groups -OCH3 is 2. The van der Waals surface area contributed by atoms with Crippen LogP contribution in [-0.2, 0) is 13.0 Å². The van der Waals surface area contributed by atoms with Crippen LogP contribution in [0.3, 0.4) is 0 Å². The quantitative estimate of drug-likeness (QED) is 0.360. The monoisotopic (exact) mass is 476 g/mol. The number of ether oxygens (including phenoxy) is 2. The summed E-state index contributed by atoms with van der Waals surface area (Å²) in [5.41, 5.74) is 2.67. The third-order valence-corrected chi connectivity index (χ3v) is 4.25. The summed E-state index contributed by atoms with van der Waals surface area (Å²) in [4.78, 5) is 7.11. The molecule has 0 bridgehead atoms. The standard InChI is InChI=1S/C19H32N4O2.HI/c1-6-20-19(22-14(2)3)21-8-10-23-9-7-15-11-17(24-4)18(25-5)12-16(15)13-23;/h11-12,14H,6-10,13H2,1-5H3,(H2,20,21,22);1H. The summed E-state index contributed by atoms with van der Waals surface area (Å²) in [6, 6.07) is 4.59. The second-order valence-electron chi connectivity index (χ2n) is 6.56. The van der Waals surface area contributed by atoms with Crippen LogP contribution in [0.4, 0.5) is 0 Å². The number of nitrogens with one attached hydrogen (secondary N) is 2. The van der Waals surface area contributed by atoms with Crippen LogP contribution in [-0.4, -0.2) is 57.3 Å². The number of guanidine groups is 1. The molecular formula is C19H33IN4O2. The van der Waals surface area contributed by atoms with Gasteiger partial charge in [0, 0.05) is 32.2 Å². The fourth-order valence-corrected chi connectivity index (χ4v) is 3.03. The van der Waals surface area contributed by atoms with Gasteiger partial charge >= 0.3 is 0 Å². The number of benzene rings is 1. The summed E-state index contributed by atoms with van der Waals surface area (Å²) in [6.45, 7) is 10.9. The molecule has 0 radical (unpaired) electrons. The molecule has 0 saturated heterocycles. The molecule has 0 aromatic heterocycles. The first-order chi connectivity index (χ1) is 12.1. The first kappa shape index (κ1) is 22.8. The van der Waals surface area contributed by atoms with Crippen LogP contribution in [0.5, 0.6) is 11.5 Å². The Balaban J connectivity index is 0.00000338. The van der Waals surface area contributed by atoms with Crippen molar-refractivity contribution in [2.75, 3.05) is 40.4 Å². The lowest BCUT2D eigenvalue weighted by Gasteiger charge is -2.29. The van der Waals surface area contributed by atoms with E-state index in [0.29, 0.717) is 6.04 Å². The highest BCUT2D eigenvalue weighted by Gasteiger charge is 2.19. The van der Waals surface area contributed by atoms with E-state index in [-0.39, 0.29) is 24.0 Å². The Labute approximate surface area is 174 Å². The molecule has 148 valence electrons. The van der Waals surface area contributed by atoms with E-state index in [1.165, 1.54) is 11.1 Å². The molecule has 6 nitrogen and oxygen atoms in total. The zero-order valence-corrected chi connectivity index (χ0v) is 18.9. The van der Waals surface area contributed by atoms with Crippen molar-refractivity contribution in [2.24, 2.45) is 4.99 Å². The molecule has 0 fully saturated rings. The van der Waals surface area contributed by atoms with Crippen LogP contribution in [0.2, 0.25) is 0 Å². The molecule has 2 N–H and O–H groups in total. The van der Waals surface area contributed by atoms with E-state index >= 15 is 0 Å². The van der Waals surface area contributed by atoms with Crippen molar-refractivity contribution in [3.8, 4) is 11.5 Å². The fourth-order valence-electron chi connectivity index (χ4n) is 3.03. The van der Waals surface area contributed by atoms with E-state index in [1.807, 2.05) is 0 Å². The number of rotatable bonds is 7. The minimum Gasteiger partial charge on any atom is -0.493 e. The molecule has 0 atom stereocenters. The summed E-state index contributed by atoms with van der Waals surface area (Å²) in [5.74, 6) is 2.51. The SMILES string of the molecule is CCNC(=NCCN1CCc2cc(OC)c(OC)cc2C1)NC(C)C.I. The Kier molecular flexibility index (Phi) is 10.1. The first-order valence-corrected chi connectivity index (χ1v) is 9.08. The second-order valence-corrected chi connectivity index (χ2v) is 6.56. The molecule has 1 aromatic rings. The Morgan fingerprint density at radius 2 is 1.85 bits per heavy atom. The van der Waals surface area contributed by atoms with E-state index in [0.717, 1.165) is 56.6 Å². The zero-order chi connectivity index (χ0) is 18.2. The van der Waals surface area contributed by atoms with E-state index in [4.69, 9.17) is 9.47 Å². The van der Waals surface area contributed by atoms with Gasteiger partial charge in [-0.05, 0) is 50.5 Å². The van der Waals surface area contributed by atoms with Crippen molar-refractivity contribution in [3.63, 3.8) is 0 Å². The third kappa shape index (κ3) is 6.50. The van der Waals surface area contributed by atoms with Gasteiger partial charge in [0.2, 0.25) is 0 Å². The topological polar surface area (TPSA) is 58.1 Å². The van der Waals surface area contributed by atoms with Gasteiger partial charge in [0.15, 0.2) is 17.5 Å². The smallest absolute Gasteiger partial charge is 0.191 e. The molecule has 0 amide bonds. The van der Waals surface area contributed by atoms with E-state index < -0.39 is 0 Å². The largest absolute Gasteiger partial charge is 0.493 e. The van der Waals surface area contributed by atoms with Gasteiger partial charge in [-0.2, -0.15) is 0 Å². The molecule has 0 spiro atoms. The molecule has 0 saturated carbocycles. The van der Waals surface area contributed by atoms with Crippen molar-refractivity contribution >= 4 is 29.9 Å². The molecule has 1 aliphatic heterocycles. The van der Waals surface area contributed by atoms with Gasteiger partial charge < -0.3 is 20.1 Å². The number of nitrogens with zero attached hydrogens (tertiary/aromatic N) is 2. The maximum atomic E-state index is 5.43. The second kappa shape index (κ2) is 11.5. The van der Waals surface area contributed by atoms with E-state index in [9.17, 15) is 0 Å². The Morgan fingerprint density at radius 3 is 2.42 bits per heavy atom. The highest BCUT2D eigenvalue weighted by atomic mass is 127. The van der Waals surface area contributed by atoms with Gasteiger partial charge in [-0.1, -0.05) is 0 Å². The van der Waals surface area contributed by atoms with Gasteiger partial charge in [0.25, 0.3) is 0 Å². The third-order valence-electron chi connectivity index (χ3n) is 4.25. The van der Waals surface area contributed by atoms with E-state index in [1.54, 1.807) is 14.2 Å². The van der Waals surface area contributed by atoms with Crippen LogP contribution < -0.4 is 20.1 Å². The van der Waals surface area contributed by atoms with Crippen molar-refractivity contribution < 1.29 is 9.47 Å². The summed E-state index contributed by atoms with van der Waals surface area (Å²) in [5, 5.41) is 6.64. The van der Waals surface area contributed by atoms with Crippen LogP contribution in [0, 0.1) is 0 Å². The molecule has 0 aliphatic carbocycles. The highest BCUT2D eigenvalue weighted by molar-refractivity contribution is 14.0. The predicted molar refractivity (Wildman–Crippen MR) is 118 cm³/mol. The maximum absolute atomic E-state index is 5.43. The minimum absolute atomic E-state index is 0. The van der Waals surface area contributed by atoms with Gasteiger partial charge in [-0.25, -0.2) is 0 Å². The van der Waals surface area contributed by atoms with Gasteiger partial charge in [0.1, 0.15) is 0 Å². The van der Waals surface area contributed by atoms with Gasteiger partial charge in [-0.3, -0.25) is 9.89 Å². The molecule has 26 heavy (non-hydrogen) atoms. The Morgan fingerprint density at radius 1 is 1.19 bits per heavy atom. The number of aliphatic imine (C=N–C) groups is 1. The minimum atomic E-state index is 0. The van der Waals surface area contributed by atoms with Gasteiger partial charge in [-0.15, -0.1) is 24.0 Å². The Bertz CT molecular complexity index is 593. The van der Waals surface area contributed by atoms with Crippen LogP contribution in [0.25, 0.3) is 0 Å². The van der Waals surface area contributed by atoms with Gasteiger partial charge in [0.05, 0.1) is 20.8 Å². The van der Waals surface area contributed by atoms with Crippen molar-refractivity contribution in [3.05, 3.63) is 23.3 Å². The highest BCUT2D eigenvalue weighted by Crippen LogP contribution is 2.33. The predicted octanol–water partition coefficient (Wildman–Crippen LogP) is 2.64. The molecule has 0 unspecified atom stereocenters. The number of hydrogen-bond acceptors (Lipinski definition) is 4. The summed E-state index contributed by atoms with van der Waals surface area (Å²) in [7, 11) is 3.37. The first-order valence-electron chi connectivity index (χ1n) is 9.08. The lowest BCUT2D eigenvalue weighted by molar-refractivity contribution is 0.260. The van der Waals surface area contributed by atoms with Crippen LogP contribution in [0.15, 0.2) is 17.1 Å². The summed E-state index contributed by atoms with van der Waals surface area (Å²) in [6.07, 6.45) is 1.03. The van der Waals surface area contributed by atoms with Crippen LogP contribution >= 0.6 is 24.0 Å². The molecule has 1 aromatic carbocycles. The summed E-state index contributed by atoms with van der Waals surface area (Å²) >= 11 is 0. The van der Waals surface area contributed by atoms with E-state index in [2.05, 4.69) is 53.4 Å². The Hall–Kier alpha value is -1.22. The maximum Gasteiger partial charge on any atom is 0.191 e. The summed E-state index contributed by atoms with van der Waals surface area (Å²) < 4.78 is 10.8. The molecule has 1 heterocycles.